The van der Waals surface area contributed by atoms with Crippen molar-refractivity contribution in [1.29, 1.82) is 0 Å². The van der Waals surface area contributed by atoms with Gasteiger partial charge in [-0.3, -0.25) is 9.69 Å². The second-order valence-corrected chi connectivity index (χ2v) is 7.94. The number of carbonyl (C=O) groups excluding carboxylic acids is 1. The zero-order valence-electron chi connectivity index (χ0n) is 15.8. The molecule has 2 atom stereocenters. The Morgan fingerprint density at radius 1 is 1.26 bits per heavy atom. The third-order valence-corrected chi connectivity index (χ3v) is 6.06. The van der Waals surface area contributed by atoms with Crippen LogP contribution in [0.15, 0.2) is 42.7 Å². The molecule has 2 N–H and O–H groups in total. The fraction of sp³-hybridized carbons (Fsp3) is 0.524. The molecule has 0 aliphatic carbocycles. The van der Waals surface area contributed by atoms with Crippen LogP contribution in [0, 0.1) is 0 Å². The first-order valence-corrected chi connectivity index (χ1v) is 9.82. The molecule has 6 heteroatoms. The number of carbonyl (C=O) groups is 1. The molecule has 2 saturated heterocycles. The van der Waals surface area contributed by atoms with Crippen LogP contribution in [-0.2, 0) is 23.9 Å². The Morgan fingerprint density at radius 3 is 2.59 bits per heavy atom. The molecule has 1 aromatic heterocycles. The van der Waals surface area contributed by atoms with Gasteiger partial charge in [-0.1, -0.05) is 30.3 Å². The van der Waals surface area contributed by atoms with E-state index in [0.29, 0.717) is 25.9 Å². The molecule has 144 valence electrons. The number of imidazole rings is 1. The number of hydrogen-bond donors (Lipinski definition) is 2. The number of hydrogen-bond acceptors (Lipinski definition) is 4. The van der Waals surface area contributed by atoms with Gasteiger partial charge in [-0.2, -0.15) is 0 Å². The summed E-state index contributed by atoms with van der Waals surface area (Å²) >= 11 is 0. The minimum Gasteiger partial charge on any atom is -0.382 e. The van der Waals surface area contributed by atoms with Gasteiger partial charge in [0, 0.05) is 38.1 Å². The molecule has 1 aromatic carbocycles. The van der Waals surface area contributed by atoms with Crippen LogP contribution in [0.25, 0.3) is 0 Å². The lowest BCUT2D eigenvalue weighted by Crippen LogP contribution is -2.53. The molecule has 0 spiro atoms. The normalized spacial score (nSPS) is 27.6. The molecule has 3 heterocycles. The summed E-state index contributed by atoms with van der Waals surface area (Å²) in [6, 6.07) is 10.7. The summed E-state index contributed by atoms with van der Waals surface area (Å²) in [4.78, 5) is 19.1. The van der Waals surface area contributed by atoms with Crippen LogP contribution in [-0.4, -0.2) is 50.6 Å². The lowest BCUT2D eigenvalue weighted by molar-refractivity contribution is -0.126. The van der Waals surface area contributed by atoms with Gasteiger partial charge in [-0.25, -0.2) is 4.98 Å². The summed E-state index contributed by atoms with van der Waals surface area (Å²) in [5, 5.41) is 14.2. The molecular formula is C21H28N4O2. The number of piperidine rings is 1. The topological polar surface area (TPSA) is 70.4 Å². The summed E-state index contributed by atoms with van der Waals surface area (Å²) in [6.07, 6.45) is 7.82. The van der Waals surface area contributed by atoms with Gasteiger partial charge in [0.15, 0.2) is 0 Å². The van der Waals surface area contributed by atoms with E-state index in [1.165, 1.54) is 5.56 Å². The Hall–Kier alpha value is -2.18. The van der Waals surface area contributed by atoms with Crippen LogP contribution < -0.4 is 5.32 Å². The van der Waals surface area contributed by atoms with E-state index in [-0.39, 0.29) is 18.0 Å². The van der Waals surface area contributed by atoms with E-state index in [1.54, 1.807) is 6.20 Å². The molecule has 2 aliphatic heterocycles. The fourth-order valence-corrected chi connectivity index (χ4v) is 4.78. The SMILES string of the molecule is Cn1ccnc1C1(O)C[C@@H]2CC[C@@H](C1)N2CC(=O)NCCc1ccccc1. The molecule has 0 radical (unpaired) electrons. The second kappa shape index (κ2) is 7.44. The van der Waals surface area contributed by atoms with Gasteiger partial charge in [0.1, 0.15) is 11.4 Å². The Morgan fingerprint density at radius 2 is 1.96 bits per heavy atom. The molecule has 2 aromatic rings. The summed E-state index contributed by atoms with van der Waals surface area (Å²) in [6.45, 7) is 1.07. The summed E-state index contributed by atoms with van der Waals surface area (Å²) in [7, 11) is 1.93. The number of benzene rings is 1. The number of amides is 1. The van der Waals surface area contributed by atoms with E-state index in [0.717, 1.165) is 25.1 Å². The Labute approximate surface area is 160 Å². The predicted molar refractivity (Wildman–Crippen MR) is 103 cm³/mol. The molecule has 27 heavy (non-hydrogen) atoms. The van der Waals surface area contributed by atoms with E-state index in [1.807, 2.05) is 36.0 Å². The average Bonchev–Trinajstić information content (AvgIpc) is 3.18. The van der Waals surface area contributed by atoms with Gasteiger partial charge in [-0.05, 0) is 37.7 Å². The van der Waals surface area contributed by atoms with Gasteiger partial charge >= 0.3 is 0 Å². The number of fused-ring (bicyclic) bond motifs is 2. The molecule has 2 aliphatic rings. The number of aryl methyl sites for hydroxylation is 1. The second-order valence-electron chi connectivity index (χ2n) is 7.94. The Bertz CT molecular complexity index is 774. The molecule has 6 nitrogen and oxygen atoms in total. The standard InChI is InChI=1S/C21H28N4O2/c1-24-12-11-23-20(24)21(27)13-17-7-8-18(14-21)25(17)15-19(26)22-10-9-16-5-3-2-4-6-16/h2-6,11-12,17-18,27H,7-10,13-15H2,1H3,(H,22,26)/t17-,18-/m0/s1. The molecule has 2 fully saturated rings. The maximum atomic E-state index is 12.4. The molecule has 2 bridgehead atoms. The summed E-state index contributed by atoms with van der Waals surface area (Å²) < 4.78 is 1.91. The highest BCUT2D eigenvalue weighted by atomic mass is 16.3. The Kier molecular flexibility index (Phi) is 5.02. The Balaban J connectivity index is 1.32. The predicted octanol–water partition coefficient (Wildman–Crippen LogP) is 1.59. The van der Waals surface area contributed by atoms with Gasteiger partial charge in [0.2, 0.25) is 5.91 Å². The summed E-state index contributed by atoms with van der Waals surface area (Å²) in [5.41, 5.74) is 0.348. The van der Waals surface area contributed by atoms with Crippen LogP contribution in [0.2, 0.25) is 0 Å². The van der Waals surface area contributed by atoms with Gasteiger partial charge < -0.3 is 15.0 Å². The number of nitrogens with zero attached hydrogens (tertiary/aromatic N) is 3. The number of rotatable bonds is 6. The molecule has 0 unspecified atom stereocenters. The lowest BCUT2D eigenvalue weighted by atomic mass is 9.85. The molecule has 1 amide bonds. The number of aliphatic hydroxyl groups is 1. The zero-order chi connectivity index (χ0) is 18.9. The van der Waals surface area contributed by atoms with Crippen molar-refractivity contribution >= 4 is 5.91 Å². The van der Waals surface area contributed by atoms with Crippen molar-refractivity contribution in [1.82, 2.24) is 19.8 Å². The third kappa shape index (κ3) is 3.77. The third-order valence-electron chi connectivity index (χ3n) is 6.06. The first-order valence-electron chi connectivity index (χ1n) is 9.82. The first kappa shape index (κ1) is 18.2. The smallest absolute Gasteiger partial charge is 0.234 e. The highest BCUT2D eigenvalue weighted by Crippen LogP contribution is 2.44. The maximum absolute atomic E-state index is 12.4. The van der Waals surface area contributed by atoms with E-state index in [2.05, 4.69) is 27.3 Å². The zero-order valence-corrected chi connectivity index (χ0v) is 15.8. The molecular weight excluding hydrogens is 340 g/mol. The lowest BCUT2D eigenvalue weighted by Gasteiger charge is -2.43. The quantitative estimate of drug-likeness (QED) is 0.812. The van der Waals surface area contributed by atoms with Crippen molar-refractivity contribution in [2.45, 2.75) is 49.8 Å². The van der Waals surface area contributed by atoms with E-state index < -0.39 is 5.60 Å². The maximum Gasteiger partial charge on any atom is 0.234 e. The van der Waals surface area contributed by atoms with Crippen LogP contribution in [0.1, 0.15) is 37.1 Å². The van der Waals surface area contributed by atoms with Crippen LogP contribution in [0.5, 0.6) is 0 Å². The van der Waals surface area contributed by atoms with Crippen molar-refractivity contribution in [3.05, 3.63) is 54.1 Å². The van der Waals surface area contributed by atoms with Crippen molar-refractivity contribution in [3.8, 4) is 0 Å². The van der Waals surface area contributed by atoms with Crippen molar-refractivity contribution in [2.24, 2.45) is 7.05 Å². The van der Waals surface area contributed by atoms with Gasteiger partial charge in [-0.15, -0.1) is 0 Å². The van der Waals surface area contributed by atoms with E-state index in [4.69, 9.17) is 0 Å². The van der Waals surface area contributed by atoms with Crippen LogP contribution in [0.3, 0.4) is 0 Å². The molecule has 0 saturated carbocycles. The van der Waals surface area contributed by atoms with E-state index >= 15 is 0 Å². The highest BCUT2D eigenvalue weighted by molar-refractivity contribution is 5.78. The van der Waals surface area contributed by atoms with Crippen molar-refractivity contribution in [2.75, 3.05) is 13.1 Å². The number of aromatic nitrogens is 2. The number of nitrogens with one attached hydrogen (secondary N) is 1. The molecule has 4 rings (SSSR count). The van der Waals surface area contributed by atoms with Gasteiger partial charge in [0.05, 0.1) is 6.54 Å². The average molecular weight is 368 g/mol. The minimum absolute atomic E-state index is 0.0743. The minimum atomic E-state index is -0.885. The monoisotopic (exact) mass is 368 g/mol. The fourth-order valence-electron chi connectivity index (χ4n) is 4.78. The van der Waals surface area contributed by atoms with Crippen LogP contribution in [0.4, 0.5) is 0 Å². The van der Waals surface area contributed by atoms with Crippen molar-refractivity contribution < 1.29 is 9.90 Å². The summed E-state index contributed by atoms with van der Waals surface area (Å²) in [5.74, 6) is 0.816. The van der Waals surface area contributed by atoms with Crippen LogP contribution >= 0.6 is 0 Å². The largest absolute Gasteiger partial charge is 0.382 e. The highest BCUT2D eigenvalue weighted by Gasteiger charge is 2.50. The van der Waals surface area contributed by atoms with Gasteiger partial charge in [0.25, 0.3) is 0 Å². The first-order chi connectivity index (χ1) is 13.0. The van der Waals surface area contributed by atoms with Crippen molar-refractivity contribution in [3.63, 3.8) is 0 Å². The van der Waals surface area contributed by atoms with E-state index in [9.17, 15) is 9.90 Å².